The lowest BCUT2D eigenvalue weighted by atomic mass is 10.1. The molecule has 3 N–H and O–H groups in total. The number of hydrogen-bond donors (Lipinski definition) is 2. The normalized spacial score (nSPS) is 13.3. The van der Waals surface area contributed by atoms with Gasteiger partial charge in [0.15, 0.2) is 0 Å². The average Bonchev–Trinajstić information content (AvgIpc) is 2.68. The van der Waals surface area contributed by atoms with Crippen LogP contribution in [0.25, 0.3) is 11.4 Å². The maximum Gasteiger partial charge on any atom is 0.254 e. The molecule has 0 bridgehead atoms. The highest BCUT2D eigenvalue weighted by atomic mass is 35.5. The van der Waals surface area contributed by atoms with Gasteiger partial charge in [0.25, 0.3) is 5.56 Å². The predicted octanol–water partition coefficient (Wildman–Crippen LogP) is 2.15. The lowest BCUT2D eigenvalue weighted by molar-refractivity contribution is 0.100. The Bertz CT molecular complexity index is 1080. The van der Waals surface area contributed by atoms with Gasteiger partial charge >= 0.3 is 0 Å². The standard InChI is InChI=1S/C19H16ClN5O2/c20-14-2-1-8-22-18(14)25-9-7-13-15(10-25)23-17(24-19(13)27)12-5-3-11(4-6-12)16(21)26/h1-6,8H,7,9-10H2,(H2,21,26)(H,23,24,27). The van der Waals surface area contributed by atoms with Crippen molar-refractivity contribution in [1.82, 2.24) is 15.0 Å². The molecule has 4 rings (SSSR count). The molecule has 8 heteroatoms. The number of amides is 1. The summed E-state index contributed by atoms with van der Waals surface area (Å²) in [6.07, 6.45) is 2.25. The highest BCUT2D eigenvalue weighted by Crippen LogP contribution is 2.27. The van der Waals surface area contributed by atoms with E-state index in [1.54, 1.807) is 42.6 Å². The number of rotatable bonds is 3. The maximum absolute atomic E-state index is 12.5. The van der Waals surface area contributed by atoms with E-state index < -0.39 is 5.91 Å². The van der Waals surface area contributed by atoms with Gasteiger partial charge < -0.3 is 15.6 Å². The zero-order valence-corrected chi connectivity index (χ0v) is 15.0. The van der Waals surface area contributed by atoms with Crippen LogP contribution in [0, 0.1) is 0 Å². The number of anilines is 1. The van der Waals surface area contributed by atoms with Crippen LogP contribution in [0.1, 0.15) is 21.6 Å². The van der Waals surface area contributed by atoms with Crippen LogP contribution in [-0.2, 0) is 13.0 Å². The molecule has 7 nitrogen and oxygen atoms in total. The largest absolute Gasteiger partial charge is 0.366 e. The first kappa shape index (κ1) is 17.2. The summed E-state index contributed by atoms with van der Waals surface area (Å²) in [5.74, 6) is 0.624. The second kappa shape index (κ2) is 6.85. The van der Waals surface area contributed by atoms with E-state index in [-0.39, 0.29) is 5.56 Å². The Balaban J connectivity index is 1.70. The van der Waals surface area contributed by atoms with E-state index in [1.165, 1.54) is 0 Å². The molecule has 0 spiro atoms. The monoisotopic (exact) mass is 381 g/mol. The van der Waals surface area contributed by atoms with Gasteiger partial charge in [0, 0.05) is 29.4 Å². The van der Waals surface area contributed by atoms with Gasteiger partial charge in [0.2, 0.25) is 5.91 Å². The van der Waals surface area contributed by atoms with Gasteiger partial charge in [-0.15, -0.1) is 0 Å². The number of aromatic amines is 1. The van der Waals surface area contributed by atoms with Crippen molar-refractivity contribution in [3.63, 3.8) is 0 Å². The SMILES string of the molecule is NC(=O)c1ccc(-c2nc3c(c(=O)[nH]2)CCN(c2ncccc2Cl)C3)cc1. The number of benzene rings is 1. The fraction of sp³-hybridized carbons (Fsp3) is 0.158. The number of carbonyl (C=O) groups is 1. The molecular formula is C19H16ClN5O2. The van der Waals surface area contributed by atoms with Crippen molar-refractivity contribution in [3.8, 4) is 11.4 Å². The summed E-state index contributed by atoms with van der Waals surface area (Å²) in [6.45, 7) is 1.09. The molecule has 0 fully saturated rings. The van der Waals surface area contributed by atoms with Crippen LogP contribution in [0.15, 0.2) is 47.4 Å². The first-order valence-electron chi connectivity index (χ1n) is 8.40. The van der Waals surface area contributed by atoms with E-state index in [0.717, 1.165) is 0 Å². The Morgan fingerprint density at radius 2 is 2.00 bits per heavy atom. The molecule has 2 aromatic heterocycles. The fourth-order valence-electron chi connectivity index (χ4n) is 3.16. The fourth-order valence-corrected chi connectivity index (χ4v) is 3.40. The Morgan fingerprint density at radius 1 is 1.22 bits per heavy atom. The lowest BCUT2D eigenvalue weighted by Gasteiger charge is -2.29. The van der Waals surface area contributed by atoms with E-state index in [9.17, 15) is 9.59 Å². The van der Waals surface area contributed by atoms with Crippen LogP contribution in [0.4, 0.5) is 5.82 Å². The van der Waals surface area contributed by atoms with Crippen LogP contribution in [0.5, 0.6) is 0 Å². The summed E-state index contributed by atoms with van der Waals surface area (Å²) in [7, 11) is 0. The third kappa shape index (κ3) is 3.29. The molecular weight excluding hydrogens is 366 g/mol. The van der Waals surface area contributed by atoms with Crippen molar-refractivity contribution < 1.29 is 4.79 Å². The summed E-state index contributed by atoms with van der Waals surface area (Å²) < 4.78 is 0. The molecule has 0 radical (unpaired) electrons. The number of pyridine rings is 1. The minimum Gasteiger partial charge on any atom is -0.366 e. The van der Waals surface area contributed by atoms with E-state index in [4.69, 9.17) is 17.3 Å². The van der Waals surface area contributed by atoms with Crippen LogP contribution >= 0.6 is 11.6 Å². The van der Waals surface area contributed by atoms with E-state index in [0.29, 0.717) is 58.6 Å². The van der Waals surface area contributed by atoms with Crippen molar-refractivity contribution >= 4 is 23.3 Å². The lowest BCUT2D eigenvalue weighted by Crippen LogP contribution is -2.36. The van der Waals surface area contributed by atoms with Crippen LogP contribution in [0.3, 0.4) is 0 Å². The zero-order chi connectivity index (χ0) is 19.0. The Hall–Kier alpha value is -3.19. The Morgan fingerprint density at radius 3 is 2.70 bits per heavy atom. The molecule has 1 aliphatic heterocycles. The number of halogens is 1. The van der Waals surface area contributed by atoms with Gasteiger partial charge in [-0.3, -0.25) is 9.59 Å². The van der Waals surface area contributed by atoms with E-state index >= 15 is 0 Å². The van der Waals surface area contributed by atoms with Crippen molar-refractivity contribution in [2.24, 2.45) is 5.73 Å². The van der Waals surface area contributed by atoms with Crippen molar-refractivity contribution in [3.05, 3.63) is 74.8 Å². The van der Waals surface area contributed by atoms with Gasteiger partial charge in [-0.2, -0.15) is 0 Å². The van der Waals surface area contributed by atoms with E-state index in [2.05, 4.69) is 15.0 Å². The second-order valence-corrected chi connectivity index (χ2v) is 6.67. The number of nitrogens with two attached hydrogens (primary N) is 1. The molecule has 0 atom stereocenters. The summed E-state index contributed by atoms with van der Waals surface area (Å²) in [5.41, 5.74) is 7.59. The quantitative estimate of drug-likeness (QED) is 0.723. The third-order valence-corrected chi connectivity index (χ3v) is 4.85. The van der Waals surface area contributed by atoms with Gasteiger partial charge in [0.1, 0.15) is 11.6 Å². The van der Waals surface area contributed by atoms with Gasteiger partial charge in [-0.05, 0) is 30.7 Å². The van der Waals surface area contributed by atoms with Crippen LogP contribution in [0.2, 0.25) is 5.02 Å². The molecule has 1 aromatic carbocycles. The second-order valence-electron chi connectivity index (χ2n) is 6.26. The molecule has 0 saturated heterocycles. The number of hydrogen-bond acceptors (Lipinski definition) is 5. The number of nitrogens with one attached hydrogen (secondary N) is 1. The number of primary amides is 1. The number of nitrogens with zero attached hydrogens (tertiary/aromatic N) is 3. The average molecular weight is 382 g/mol. The Kier molecular flexibility index (Phi) is 4.37. The summed E-state index contributed by atoms with van der Waals surface area (Å²) in [6, 6.07) is 10.2. The highest BCUT2D eigenvalue weighted by Gasteiger charge is 2.23. The molecule has 27 heavy (non-hydrogen) atoms. The molecule has 0 unspecified atom stereocenters. The summed E-state index contributed by atoms with van der Waals surface area (Å²) in [4.78, 5) is 37.5. The van der Waals surface area contributed by atoms with E-state index in [1.807, 2.05) is 4.90 Å². The Labute approximate surface area is 159 Å². The molecule has 1 aliphatic rings. The first-order valence-corrected chi connectivity index (χ1v) is 8.78. The molecule has 3 heterocycles. The maximum atomic E-state index is 12.5. The van der Waals surface area contributed by atoms with Gasteiger partial charge in [-0.1, -0.05) is 23.7 Å². The van der Waals surface area contributed by atoms with Crippen LogP contribution < -0.4 is 16.2 Å². The molecule has 136 valence electrons. The number of fused-ring (bicyclic) bond motifs is 1. The molecule has 1 amide bonds. The van der Waals surface area contributed by atoms with Crippen molar-refractivity contribution in [2.75, 3.05) is 11.4 Å². The third-order valence-electron chi connectivity index (χ3n) is 4.55. The smallest absolute Gasteiger partial charge is 0.254 e. The summed E-state index contributed by atoms with van der Waals surface area (Å²) >= 11 is 6.25. The first-order chi connectivity index (χ1) is 13.0. The number of aromatic nitrogens is 3. The highest BCUT2D eigenvalue weighted by molar-refractivity contribution is 6.32. The van der Waals surface area contributed by atoms with Crippen molar-refractivity contribution in [2.45, 2.75) is 13.0 Å². The van der Waals surface area contributed by atoms with Gasteiger partial charge in [0.05, 0.1) is 17.3 Å². The number of carbonyl (C=O) groups excluding carboxylic acids is 1. The minimum absolute atomic E-state index is 0.152. The molecule has 0 aliphatic carbocycles. The molecule has 3 aromatic rings. The number of H-pyrrole nitrogens is 1. The topological polar surface area (TPSA) is 105 Å². The zero-order valence-electron chi connectivity index (χ0n) is 14.3. The van der Waals surface area contributed by atoms with Crippen molar-refractivity contribution in [1.29, 1.82) is 0 Å². The minimum atomic E-state index is -0.503. The van der Waals surface area contributed by atoms with Crippen LogP contribution in [-0.4, -0.2) is 27.4 Å². The predicted molar refractivity (Wildman–Crippen MR) is 103 cm³/mol. The summed E-state index contributed by atoms with van der Waals surface area (Å²) in [5, 5.41) is 0.563. The van der Waals surface area contributed by atoms with Gasteiger partial charge in [-0.25, -0.2) is 9.97 Å². The molecule has 0 saturated carbocycles.